The lowest BCUT2D eigenvalue weighted by atomic mass is 10.3. The molecule has 0 aliphatic carbocycles. The zero-order chi connectivity index (χ0) is 21.5. The Balaban J connectivity index is 1.50. The van der Waals surface area contributed by atoms with Gasteiger partial charge in [-0.15, -0.1) is 0 Å². The Morgan fingerprint density at radius 3 is 2.40 bits per heavy atom. The smallest absolute Gasteiger partial charge is 0.238 e. The number of aromatic nitrogens is 2. The largest absolute Gasteiger partial charge is 0.497 e. The van der Waals surface area contributed by atoms with Crippen LogP contribution in [-0.2, 0) is 4.79 Å². The molecule has 1 aromatic heterocycles. The molecule has 158 valence electrons. The topological polar surface area (TPSA) is 68.6 Å². The first-order valence-corrected chi connectivity index (χ1v) is 9.85. The average molecular weight is 409 g/mol. The fourth-order valence-electron chi connectivity index (χ4n) is 3.14. The summed E-state index contributed by atoms with van der Waals surface area (Å²) in [6.45, 7) is 5.23. The van der Waals surface area contributed by atoms with Crippen LogP contribution in [0.5, 0.6) is 11.5 Å². The molecule has 3 aromatic rings. The molecular weight excluding hydrogens is 380 g/mol. The molecule has 0 fully saturated rings. The van der Waals surface area contributed by atoms with Gasteiger partial charge in [0.1, 0.15) is 18.1 Å². The highest BCUT2D eigenvalue weighted by molar-refractivity contribution is 5.93. The molecule has 0 atom stereocenters. The number of carbonyl (C=O) groups is 1. The number of methoxy groups -OCH3 is 1. The molecule has 1 amide bonds. The van der Waals surface area contributed by atoms with Gasteiger partial charge < -0.3 is 14.8 Å². The van der Waals surface area contributed by atoms with Gasteiger partial charge in [-0.25, -0.2) is 4.68 Å². The maximum atomic E-state index is 12.5. The zero-order valence-electron chi connectivity index (χ0n) is 17.9. The van der Waals surface area contributed by atoms with Crippen LogP contribution in [0.2, 0.25) is 0 Å². The second-order valence-corrected chi connectivity index (χ2v) is 7.10. The molecule has 30 heavy (non-hydrogen) atoms. The Bertz CT molecular complexity index is 968. The number of likely N-dealkylation sites (N-methyl/N-ethyl adjacent to an activating group) is 1. The summed E-state index contributed by atoms with van der Waals surface area (Å²) in [6.07, 6.45) is 0. The third kappa shape index (κ3) is 5.39. The molecule has 0 aliphatic rings. The fraction of sp³-hybridized carbons (Fsp3) is 0.304. The minimum Gasteiger partial charge on any atom is -0.497 e. The Hall–Kier alpha value is -3.32. The molecule has 0 saturated carbocycles. The van der Waals surface area contributed by atoms with Crippen LogP contribution in [-0.4, -0.2) is 54.4 Å². The Morgan fingerprint density at radius 2 is 1.73 bits per heavy atom. The molecule has 2 aromatic carbocycles. The van der Waals surface area contributed by atoms with E-state index in [1.807, 2.05) is 85.1 Å². The van der Waals surface area contributed by atoms with Gasteiger partial charge >= 0.3 is 0 Å². The van der Waals surface area contributed by atoms with Crippen LogP contribution in [0, 0.1) is 13.8 Å². The maximum absolute atomic E-state index is 12.5. The lowest BCUT2D eigenvalue weighted by molar-refractivity contribution is -0.117. The Kier molecular flexibility index (Phi) is 7.08. The van der Waals surface area contributed by atoms with Crippen LogP contribution in [0.25, 0.3) is 5.69 Å². The number of benzene rings is 2. The summed E-state index contributed by atoms with van der Waals surface area (Å²) in [5.41, 5.74) is 3.41. The van der Waals surface area contributed by atoms with Crippen molar-refractivity contribution in [1.82, 2.24) is 14.7 Å². The third-order valence-electron chi connectivity index (χ3n) is 4.77. The number of anilines is 1. The normalized spacial score (nSPS) is 10.8. The highest BCUT2D eigenvalue weighted by atomic mass is 16.5. The number of ether oxygens (including phenoxy) is 2. The standard InChI is InChI=1S/C23H28N4O3/c1-17-23(18(2)27(25-17)19-8-6-5-7-9-19)24-22(28)16-26(3)14-15-30-21-12-10-20(29-4)11-13-21/h5-13H,14-16H2,1-4H3,(H,24,28). The number of carbonyl (C=O) groups excluding carboxylic acids is 1. The minimum atomic E-state index is -0.0826. The van der Waals surface area contributed by atoms with E-state index in [0.717, 1.165) is 34.3 Å². The van der Waals surface area contributed by atoms with Crippen LogP contribution < -0.4 is 14.8 Å². The van der Waals surface area contributed by atoms with Gasteiger partial charge in [0.2, 0.25) is 5.91 Å². The van der Waals surface area contributed by atoms with Crippen LogP contribution in [0.1, 0.15) is 11.4 Å². The summed E-state index contributed by atoms with van der Waals surface area (Å²) in [5.74, 6) is 1.48. The summed E-state index contributed by atoms with van der Waals surface area (Å²) in [7, 11) is 3.52. The van der Waals surface area contributed by atoms with Crippen molar-refractivity contribution >= 4 is 11.6 Å². The van der Waals surface area contributed by atoms with E-state index in [-0.39, 0.29) is 12.5 Å². The number of rotatable bonds is 9. The van der Waals surface area contributed by atoms with Crippen molar-refractivity contribution in [2.45, 2.75) is 13.8 Å². The summed E-state index contributed by atoms with van der Waals surface area (Å²) >= 11 is 0. The van der Waals surface area contributed by atoms with Gasteiger partial charge in [-0.3, -0.25) is 9.69 Å². The highest BCUT2D eigenvalue weighted by Crippen LogP contribution is 2.22. The van der Waals surface area contributed by atoms with Crippen molar-refractivity contribution in [3.8, 4) is 17.2 Å². The molecule has 0 bridgehead atoms. The van der Waals surface area contributed by atoms with Gasteiger partial charge in [-0.1, -0.05) is 18.2 Å². The first kappa shape index (κ1) is 21.4. The molecule has 0 saturated heterocycles. The SMILES string of the molecule is COc1ccc(OCCN(C)CC(=O)Nc2c(C)nn(-c3ccccc3)c2C)cc1. The number of nitrogens with one attached hydrogen (secondary N) is 1. The van der Waals surface area contributed by atoms with Gasteiger partial charge in [0, 0.05) is 6.54 Å². The summed E-state index contributed by atoms with van der Waals surface area (Å²) in [6, 6.07) is 17.3. The lowest BCUT2D eigenvalue weighted by Gasteiger charge is -2.17. The van der Waals surface area contributed by atoms with Crippen LogP contribution >= 0.6 is 0 Å². The number of nitrogens with zero attached hydrogens (tertiary/aromatic N) is 3. The van der Waals surface area contributed by atoms with E-state index in [9.17, 15) is 4.79 Å². The predicted octanol–water partition coefficient (Wildman–Crippen LogP) is 3.45. The maximum Gasteiger partial charge on any atom is 0.238 e. The van der Waals surface area contributed by atoms with E-state index in [2.05, 4.69) is 10.4 Å². The second-order valence-electron chi connectivity index (χ2n) is 7.10. The van der Waals surface area contributed by atoms with Crippen molar-refractivity contribution in [3.63, 3.8) is 0 Å². The number of hydrogen-bond donors (Lipinski definition) is 1. The lowest BCUT2D eigenvalue weighted by Crippen LogP contribution is -2.33. The molecule has 7 heteroatoms. The molecule has 0 unspecified atom stereocenters. The van der Waals surface area contributed by atoms with Gasteiger partial charge in [0.05, 0.1) is 36.4 Å². The molecule has 1 heterocycles. The van der Waals surface area contributed by atoms with Gasteiger partial charge in [0.25, 0.3) is 0 Å². The minimum absolute atomic E-state index is 0.0826. The Labute approximate surface area is 177 Å². The monoisotopic (exact) mass is 408 g/mol. The van der Waals surface area contributed by atoms with E-state index in [1.165, 1.54) is 0 Å². The van der Waals surface area contributed by atoms with Gasteiger partial charge in [-0.2, -0.15) is 5.10 Å². The van der Waals surface area contributed by atoms with Crippen molar-refractivity contribution in [3.05, 3.63) is 66.0 Å². The summed E-state index contributed by atoms with van der Waals surface area (Å²) in [5, 5.41) is 7.57. The van der Waals surface area contributed by atoms with E-state index < -0.39 is 0 Å². The van der Waals surface area contributed by atoms with Gasteiger partial charge in [0.15, 0.2) is 0 Å². The van der Waals surface area contributed by atoms with E-state index in [0.29, 0.717) is 13.2 Å². The highest BCUT2D eigenvalue weighted by Gasteiger charge is 2.16. The zero-order valence-corrected chi connectivity index (χ0v) is 17.9. The van der Waals surface area contributed by atoms with Crippen molar-refractivity contribution in [2.24, 2.45) is 0 Å². The fourth-order valence-corrected chi connectivity index (χ4v) is 3.14. The molecule has 0 spiro atoms. The molecule has 1 N–H and O–H groups in total. The van der Waals surface area contributed by atoms with Crippen molar-refractivity contribution < 1.29 is 14.3 Å². The van der Waals surface area contributed by atoms with E-state index >= 15 is 0 Å². The van der Waals surface area contributed by atoms with E-state index in [1.54, 1.807) is 7.11 Å². The summed E-state index contributed by atoms with van der Waals surface area (Å²) in [4.78, 5) is 14.5. The first-order valence-electron chi connectivity index (χ1n) is 9.85. The van der Waals surface area contributed by atoms with Crippen LogP contribution in [0.15, 0.2) is 54.6 Å². The third-order valence-corrected chi connectivity index (χ3v) is 4.77. The average Bonchev–Trinajstić information content (AvgIpc) is 3.03. The molecule has 3 rings (SSSR count). The van der Waals surface area contributed by atoms with Gasteiger partial charge in [-0.05, 0) is 57.3 Å². The number of hydrogen-bond acceptors (Lipinski definition) is 5. The quantitative estimate of drug-likeness (QED) is 0.587. The second kappa shape index (κ2) is 9.93. The number of para-hydroxylation sites is 1. The molecule has 0 aliphatic heterocycles. The molecular formula is C23H28N4O3. The van der Waals surface area contributed by atoms with Crippen LogP contribution in [0.4, 0.5) is 5.69 Å². The number of amides is 1. The summed E-state index contributed by atoms with van der Waals surface area (Å²) < 4.78 is 12.7. The molecule has 7 nitrogen and oxygen atoms in total. The number of aryl methyl sites for hydroxylation is 1. The van der Waals surface area contributed by atoms with Crippen molar-refractivity contribution in [2.75, 3.05) is 39.2 Å². The predicted molar refractivity (Wildman–Crippen MR) is 118 cm³/mol. The van der Waals surface area contributed by atoms with Crippen LogP contribution in [0.3, 0.4) is 0 Å². The first-order chi connectivity index (χ1) is 14.5. The Morgan fingerprint density at radius 1 is 1.07 bits per heavy atom. The molecule has 0 radical (unpaired) electrons. The van der Waals surface area contributed by atoms with E-state index in [4.69, 9.17) is 9.47 Å². The van der Waals surface area contributed by atoms with Crippen molar-refractivity contribution in [1.29, 1.82) is 0 Å².